The van der Waals surface area contributed by atoms with Gasteiger partial charge in [0.05, 0.1) is 11.9 Å². The molecule has 0 unspecified atom stereocenters. The summed E-state index contributed by atoms with van der Waals surface area (Å²) in [7, 11) is 0. The SMILES string of the molecule is CCCNCc1cc(Cl)ccc1-c1cnnn1CCC. The van der Waals surface area contributed by atoms with Gasteiger partial charge in [0.1, 0.15) is 0 Å². The number of hydrogen-bond acceptors (Lipinski definition) is 3. The number of hydrogen-bond donors (Lipinski definition) is 1. The summed E-state index contributed by atoms with van der Waals surface area (Å²) in [5.74, 6) is 0. The number of halogens is 1. The summed E-state index contributed by atoms with van der Waals surface area (Å²) in [5, 5.41) is 12.4. The summed E-state index contributed by atoms with van der Waals surface area (Å²) in [6.45, 7) is 6.97. The van der Waals surface area contributed by atoms with Crippen molar-refractivity contribution in [3.05, 3.63) is 35.0 Å². The second-order valence-corrected chi connectivity index (χ2v) is 5.26. The second kappa shape index (κ2) is 7.41. The van der Waals surface area contributed by atoms with Crippen molar-refractivity contribution in [3.63, 3.8) is 0 Å². The van der Waals surface area contributed by atoms with E-state index < -0.39 is 0 Å². The van der Waals surface area contributed by atoms with Gasteiger partial charge >= 0.3 is 0 Å². The number of nitrogens with zero attached hydrogens (tertiary/aromatic N) is 3. The first-order chi connectivity index (χ1) is 9.76. The van der Waals surface area contributed by atoms with Crippen LogP contribution in [0.3, 0.4) is 0 Å². The van der Waals surface area contributed by atoms with Gasteiger partial charge in [0, 0.05) is 23.7 Å². The van der Waals surface area contributed by atoms with E-state index in [4.69, 9.17) is 11.6 Å². The monoisotopic (exact) mass is 292 g/mol. The van der Waals surface area contributed by atoms with E-state index in [2.05, 4.69) is 35.5 Å². The molecular formula is C15H21ClN4. The summed E-state index contributed by atoms with van der Waals surface area (Å²) >= 11 is 6.13. The molecule has 0 radical (unpaired) electrons. The summed E-state index contributed by atoms with van der Waals surface area (Å²) in [6.07, 6.45) is 3.97. The zero-order valence-corrected chi connectivity index (χ0v) is 12.8. The van der Waals surface area contributed by atoms with Crippen molar-refractivity contribution >= 4 is 11.6 Å². The molecule has 5 heteroatoms. The fourth-order valence-electron chi connectivity index (χ4n) is 2.20. The highest BCUT2D eigenvalue weighted by Crippen LogP contribution is 2.26. The Morgan fingerprint density at radius 1 is 1.25 bits per heavy atom. The van der Waals surface area contributed by atoms with Crippen LogP contribution >= 0.6 is 11.6 Å². The van der Waals surface area contributed by atoms with Crippen LogP contribution in [0.5, 0.6) is 0 Å². The minimum atomic E-state index is 0.761. The van der Waals surface area contributed by atoms with Crippen LogP contribution < -0.4 is 5.32 Å². The molecule has 0 atom stereocenters. The predicted octanol–water partition coefficient (Wildman–Crippen LogP) is 3.51. The highest BCUT2D eigenvalue weighted by Gasteiger charge is 2.11. The topological polar surface area (TPSA) is 42.7 Å². The smallest absolute Gasteiger partial charge is 0.0888 e. The fraction of sp³-hybridized carbons (Fsp3) is 0.467. The minimum absolute atomic E-state index is 0.761. The Morgan fingerprint density at radius 3 is 2.85 bits per heavy atom. The van der Waals surface area contributed by atoms with E-state index in [1.807, 2.05) is 23.0 Å². The molecule has 4 nitrogen and oxygen atoms in total. The van der Waals surface area contributed by atoms with Crippen molar-refractivity contribution in [1.29, 1.82) is 0 Å². The Bertz CT molecular complexity index is 551. The van der Waals surface area contributed by atoms with Gasteiger partial charge in [0.25, 0.3) is 0 Å². The maximum Gasteiger partial charge on any atom is 0.0888 e. The molecule has 0 fully saturated rings. The number of aromatic nitrogens is 3. The summed E-state index contributed by atoms with van der Waals surface area (Å²) in [4.78, 5) is 0. The lowest BCUT2D eigenvalue weighted by Gasteiger charge is -2.12. The third-order valence-corrected chi connectivity index (χ3v) is 3.37. The minimum Gasteiger partial charge on any atom is -0.313 e. The second-order valence-electron chi connectivity index (χ2n) is 4.82. The molecule has 0 spiro atoms. The van der Waals surface area contributed by atoms with Crippen LogP contribution in [0.4, 0.5) is 0 Å². The van der Waals surface area contributed by atoms with Gasteiger partial charge in [-0.1, -0.05) is 36.7 Å². The van der Waals surface area contributed by atoms with E-state index in [1.165, 1.54) is 5.56 Å². The van der Waals surface area contributed by atoms with Crippen molar-refractivity contribution in [2.45, 2.75) is 39.8 Å². The Morgan fingerprint density at radius 2 is 2.10 bits per heavy atom. The molecule has 0 bridgehead atoms. The van der Waals surface area contributed by atoms with Crippen molar-refractivity contribution in [2.75, 3.05) is 6.54 Å². The Labute approximate surface area is 125 Å². The molecule has 1 aromatic heterocycles. The number of benzene rings is 1. The predicted molar refractivity (Wildman–Crippen MR) is 82.8 cm³/mol. The lowest BCUT2D eigenvalue weighted by atomic mass is 10.0. The van der Waals surface area contributed by atoms with Gasteiger partial charge < -0.3 is 5.32 Å². The Kier molecular flexibility index (Phi) is 5.56. The van der Waals surface area contributed by atoms with Gasteiger partial charge in [-0.2, -0.15) is 0 Å². The summed E-state index contributed by atoms with van der Waals surface area (Å²) in [6, 6.07) is 5.99. The number of aryl methyl sites for hydroxylation is 1. The lowest BCUT2D eigenvalue weighted by molar-refractivity contribution is 0.583. The molecule has 108 valence electrons. The van der Waals surface area contributed by atoms with Gasteiger partial charge in [-0.25, -0.2) is 4.68 Å². The van der Waals surface area contributed by atoms with E-state index in [9.17, 15) is 0 Å². The van der Waals surface area contributed by atoms with Gasteiger partial charge in [0.2, 0.25) is 0 Å². The van der Waals surface area contributed by atoms with Crippen molar-refractivity contribution in [1.82, 2.24) is 20.3 Å². The summed E-state index contributed by atoms with van der Waals surface area (Å²) < 4.78 is 1.95. The van der Waals surface area contributed by atoms with Crippen molar-refractivity contribution < 1.29 is 0 Å². The molecule has 0 saturated carbocycles. The van der Waals surface area contributed by atoms with Crippen molar-refractivity contribution in [2.24, 2.45) is 0 Å². The maximum absolute atomic E-state index is 6.13. The lowest BCUT2D eigenvalue weighted by Crippen LogP contribution is -2.15. The van der Waals surface area contributed by atoms with Crippen LogP contribution in [0.15, 0.2) is 24.4 Å². The molecule has 20 heavy (non-hydrogen) atoms. The third-order valence-electron chi connectivity index (χ3n) is 3.14. The van der Waals surface area contributed by atoms with Gasteiger partial charge in [-0.3, -0.25) is 0 Å². The largest absolute Gasteiger partial charge is 0.313 e. The first kappa shape index (κ1) is 15.0. The molecular weight excluding hydrogens is 272 g/mol. The van der Waals surface area contributed by atoms with E-state index in [1.54, 1.807) is 0 Å². The van der Waals surface area contributed by atoms with Gasteiger partial charge in [-0.05, 0) is 37.1 Å². The Balaban J connectivity index is 2.31. The van der Waals surface area contributed by atoms with Gasteiger partial charge in [-0.15, -0.1) is 5.10 Å². The zero-order valence-electron chi connectivity index (χ0n) is 12.1. The fourth-order valence-corrected chi connectivity index (χ4v) is 2.40. The van der Waals surface area contributed by atoms with E-state index >= 15 is 0 Å². The molecule has 0 aliphatic carbocycles. The molecule has 2 rings (SSSR count). The van der Waals surface area contributed by atoms with Crippen LogP contribution in [0.25, 0.3) is 11.3 Å². The molecule has 1 N–H and O–H groups in total. The number of nitrogens with one attached hydrogen (secondary N) is 1. The van der Waals surface area contributed by atoms with E-state index in [0.717, 1.165) is 48.8 Å². The quantitative estimate of drug-likeness (QED) is 0.794. The molecule has 1 heterocycles. The molecule has 0 aliphatic rings. The maximum atomic E-state index is 6.13. The first-order valence-corrected chi connectivity index (χ1v) is 7.52. The molecule has 1 aromatic carbocycles. The zero-order chi connectivity index (χ0) is 14.4. The highest BCUT2D eigenvalue weighted by atomic mass is 35.5. The molecule has 0 saturated heterocycles. The normalized spacial score (nSPS) is 10.9. The molecule has 2 aromatic rings. The van der Waals surface area contributed by atoms with Gasteiger partial charge in [0.15, 0.2) is 0 Å². The molecule has 0 amide bonds. The van der Waals surface area contributed by atoms with Crippen LogP contribution in [0.1, 0.15) is 32.3 Å². The first-order valence-electron chi connectivity index (χ1n) is 7.14. The van der Waals surface area contributed by atoms with Crippen molar-refractivity contribution in [3.8, 4) is 11.3 Å². The van der Waals surface area contributed by atoms with Crippen LogP contribution in [-0.4, -0.2) is 21.5 Å². The highest BCUT2D eigenvalue weighted by molar-refractivity contribution is 6.30. The average Bonchev–Trinajstić information content (AvgIpc) is 2.88. The van der Waals surface area contributed by atoms with Crippen LogP contribution in [0, 0.1) is 0 Å². The van der Waals surface area contributed by atoms with E-state index in [0.29, 0.717) is 0 Å². The molecule has 0 aliphatic heterocycles. The Hall–Kier alpha value is -1.39. The van der Waals surface area contributed by atoms with E-state index in [-0.39, 0.29) is 0 Å². The standard InChI is InChI=1S/C15H21ClN4/c1-3-7-17-10-12-9-13(16)5-6-14(12)15-11-18-19-20(15)8-4-2/h5-6,9,11,17H,3-4,7-8,10H2,1-2H3. The number of rotatable bonds is 7. The van der Waals surface area contributed by atoms with Crippen LogP contribution in [0.2, 0.25) is 5.02 Å². The average molecular weight is 293 g/mol. The summed E-state index contributed by atoms with van der Waals surface area (Å²) in [5.41, 5.74) is 3.39. The van der Waals surface area contributed by atoms with Crippen LogP contribution in [-0.2, 0) is 13.1 Å². The third kappa shape index (κ3) is 3.58.